The second-order valence-corrected chi connectivity index (χ2v) is 6.04. The molecule has 0 amide bonds. The van der Waals surface area contributed by atoms with Crippen LogP contribution >= 0.6 is 11.6 Å². The fourth-order valence-corrected chi connectivity index (χ4v) is 3.24. The Bertz CT molecular complexity index is 448. The Hall–Kier alpha value is -0.890. The van der Waals surface area contributed by atoms with E-state index in [1.165, 1.54) is 18.2 Å². The summed E-state index contributed by atoms with van der Waals surface area (Å²) in [5, 5.41) is 0.414. The third-order valence-corrected chi connectivity index (χ3v) is 3.98. The van der Waals surface area contributed by atoms with Crippen molar-refractivity contribution in [3.8, 4) is 0 Å². The molecule has 2 rings (SSSR count). The lowest BCUT2D eigenvalue weighted by molar-refractivity contribution is 0.0832. The molecule has 18 heavy (non-hydrogen) atoms. The first-order chi connectivity index (χ1) is 8.47. The van der Waals surface area contributed by atoms with Gasteiger partial charge in [0, 0.05) is 10.9 Å². The van der Waals surface area contributed by atoms with Crippen molar-refractivity contribution < 1.29 is 9.18 Å². The summed E-state index contributed by atoms with van der Waals surface area (Å²) < 4.78 is 13.7. The van der Waals surface area contributed by atoms with Crippen molar-refractivity contribution in [1.29, 1.82) is 0 Å². The van der Waals surface area contributed by atoms with Gasteiger partial charge >= 0.3 is 0 Å². The van der Waals surface area contributed by atoms with Crippen molar-refractivity contribution in [2.75, 3.05) is 0 Å². The number of rotatable bonds is 2. The van der Waals surface area contributed by atoms with Crippen LogP contribution in [-0.2, 0) is 0 Å². The lowest BCUT2D eigenvalue weighted by atomic mass is 9.74. The van der Waals surface area contributed by atoms with Gasteiger partial charge in [-0.25, -0.2) is 4.39 Å². The Kier molecular flexibility index (Phi) is 4.06. The van der Waals surface area contributed by atoms with Crippen LogP contribution in [0.2, 0.25) is 5.02 Å². The maximum absolute atomic E-state index is 13.7. The lowest BCUT2D eigenvalue weighted by Crippen LogP contribution is -2.26. The van der Waals surface area contributed by atoms with Crippen molar-refractivity contribution in [3.63, 3.8) is 0 Å². The summed E-state index contributed by atoms with van der Waals surface area (Å²) in [4.78, 5) is 12.4. The number of benzene rings is 1. The van der Waals surface area contributed by atoms with Crippen molar-refractivity contribution >= 4 is 17.4 Å². The Labute approximate surface area is 112 Å². The van der Waals surface area contributed by atoms with Gasteiger partial charge in [-0.05, 0) is 49.3 Å². The van der Waals surface area contributed by atoms with Gasteiger partial charge in [-0.2, -0.15) is 0 Å². The molecule has 0 bridgehead atoms. The van der Waals surface area contributed by atoms with Crippen LogP contribution in [0.1, 0.15) is 43.5 Å². The maximum Gasteiger partial charge on any atom is 0.168 e. The molecule has 0 saturated heterocycles. The van der Waals surface area contributed by atoms with Gasteiger partial charge in [0.1, 0.15) is 5.82 Å². The van der Waals surface area contributed by atoms with Crippen LogP contribution in [0.5, 0.6) is 0 Å². The van der Waals surface area contributed by atoms with Crippen molar-refractivity contribution in [3.05, 3.63) is 34.6 Å². The third-order valence-electron chi connectivity index (χ3n) is 3.74. The van der Waals surface area contributed by atoms with Gasteiger partial charge in [0.2, 0.25) is 0 Å². The summed E-state index contributed by atoms with van der Waals surface area (Å²) in [6, 6.07) is 4.19. The number of ketones is 1. The van der Waals surface area contributed by atoms with Gasteiger partial charge in [0.05, 0.1) is 5.56 Å². The molecule has 1 aromatic rings. The van der Waals surface area contributed by atoms with E-state index in [1.54, 1.807) is 0 Å². The molecule has 2 atom stereocenters. The fraction of sp³-hybridized carbons (Fsp3) is 0.533. The monoisotopic (exact) mass is 268 g/mol. The average molecular weight is 269 g/mol. The summed E-state index contributed by atoms with van der Waals surface area (Å²) in [6.07, 6.45) is 2.87. The van der Waals surface area contributed by atoms with E-state index >= 15 is 0 Å². The summed E-state index contributed by atoms with van der Waals surface area (Å²) in [7, 11) is 0. The topological polar surface area (TPSA) is 17.1 Å². The minimum absolute atomic E-state index is 0.0586. The highest BCUT2D eigenvalue weighted by molar-refractivity contribution is 6.31. The standard InChI is InChI=1S/C15H18ClFO/c1-9-5-10(2)7-11(6-9)15(18)13-8-12(16)3-4-14(13)17/h3-4,8-11H,5-7H2,1-2H3. The molecule has 1 nitrogen and oxygen atoms in total. The number of hydrogen-bond acceptors (Lipinski definition) is 1. The van der Waals surface area contributed by atoms with Crippen LogP contribution in [0.25, 0.3) is 0 Å². The molecule has 1 aliphatic carbocycles. The Morgan fingerprint density at radius 2 is 1.83 bits per heavy atom. The van der Waals surface area contributed by atoms with E-state index in [0.717, 1.165) is 19.3 Å². The van der Waals surface area contributed by atoms with Crippen LogP contribution in [0.4, 0.5) is 4.39 Å². The zero-order chi connectivity index (χ0) is 13.3. The molecule has 0 radical (unpaired) electrons. The van der Waals surface area contributed by atoms with Crippen LogP contribution in [-0.4, -0.2) is 5.78 Å². The molecule has 98 valence electrons. The Balaban J connectivity index is 2.22. The molecule has 0 aromatic heterocycles. The first kappa shape index (κ1) is 13.5. The van der Waals surface area contributed by atoms with Crippen LogP contribution in [0.15, 0.2) is 18.2 Å². The molecule has 1 aliphatic rings. The number of Topliss-reactive ketones (excluding diaryl/α,β-unsaturated/α-hetero) is 1. The SMILES string of the molecule is CC1CC(C)CC(C(=O)c2cc(Cl)ccc2F)C1. The second kappa shape index (κ2) is 5.40. The zero-order valence-electron chi connectivity index (χ0n) is 10.7. The Morgan fingerprint density at radius 3 is 2.44 bits per heavy atom. The molecule has 0 heterocycles. The number of carbonyl (C=O) groups excluding carboxylic acids is 1. The van der Waals surface area contributed by atoms with Gasteiger partial charge in [-0.1, -0.05) is 25.4 Å². The highest BCUT2D eigenvalue weighted by atomic mass is 35.5. The molecule has 1 aromatic carbocycles. The van der Waals surface area contributed by atoms with Crippen molar-refractivity contribution in [2.24, 2.45) is 17.8 Å². The van der Waals surface area contributed by atoms with E-state index in [-0.39, 0.29) is 17.3 Å². The highest BCUT2D eigenvalue weighted by Crippen LogP contribution is 2.35. The normalized spacial score (nSPS) is 28.1. The van der Waals surface area contributed by atoms with Gasteiger partial charge in [-0.3, -0.25) is 4.79 Å². The third kappa shape index (κ3) is 2.92. The molecule has 1 fully saturated rings. The molecule has 0 aliphatic heterocycles. The predicted octanol–water partition coefficient (Wildman–Crippen LogP) is 4.73. The van der Waals surface area contributed by atoms with Gasteiger partial charge < -0.3 is 0 Å². The average Bonchev–Trinajstić information content (AvgIpc) is 2.30. The van der Waals surface area contributed by atoms with E-state index in [0.29, 0.717) is 16.9 Å². The lowest BCUT2D eigenvalue weighted by Gasteiger charge is -2.30. The molecule has 0 N–H and O–H groups in total. The minimum Gasteiger partial charge on any atom is -0.294 e. The summed E-state index contributed by atoms with van der Waals surface area (Å²) in [6.45, 7) is 4.31. The van der Waals surface area contributed by atoms with Crippen LogP contribution in [0, 0.1) is 23.6 Å². The number of carbonyl (C=O) groups is 1. The van der Waals surface area contributed by atoms with Gasteiger partial charge in [0.15, 0.2) is 5.78 Å². The first-order valence-corrected chi connectivity index (χ1v) is 6.84. The molecular weight excluding hydrogens is 251 g/mol. The molecule has 0 spiro atoms. The van der Waals surface area contributed by atoms with E-state index in [1.807, 2.05) is 0 Å². The van der Waals surface area contributed by atoms with E-state index in [9.17, 15) is 9.18 Å². The summed E-state index contributed by atoms with van der Waals surface area (Å²) in [5.41, 5.74) is 0.147. The molecule has 1 saturated carbocycles. The van der Waals surface area contributed by atoms with E-state index in [2.05, 4.69) is 13.8 Å². The van der Waals surface area contributed by atoms with Gasteiger partial charge in [0.25, 0.3) is 0 Å². The largest absolute Gasteiger partial charge is 0.294 e. The second-order valence-electron chi connectivity index (χ2n) is 5.60. The quantitative estimate of drug-likeness (QED) is 0.709. The maximum atomic E-state index is 13.7. The van der Waals surface area contributed by atoms with Crippen molar-refractivity contribution in [1.82, 2.24) is 0 Å². The summed E-state index contributed by atoms with van der Waals surface area (Å²) >= 11 is 5.84. The van der Waals surface area contributed by atoms with Gasteiger partial charge in [-0.15, -0.1) is 0 Å². The van der Waals surface area contributed by atoms with E-state index < -0.39 is 5.82 Å². The molecule has 2 unspecified atom stereocenters. The van der Waals surface area contributed by atoms with Crippen molar-refractivity contribution in [2.45, 2.75) is 33.1 Å². The highest BCUT2D eigenvalue weighted by Gasteiger charge is 2.30. The van der Waals surface area contributed by atoms with Crippen LogP contribution in [0.3, 0.4) is 0 Å². The van der Waals surface area contributed by atoms with Crippen LogP contribution < -0.4 is 0 Å². The zero-order valence-corrected chi connectivity index (χ0v) is 11.5. The smallest absolute Gasteiger partial charge is 0.168 e. The molecule has 3 heteroatoms. The summed E-state index contributed by atoms with van der Waals surface area (Å²) in [5.74, 6) is 0.454. The first-order valence-electron chi connectivity index (χ1n) is 6.46. The number of hydrogen-bond donors (Lipinski definition) is 0. The number of halogens is 2. The van der Waals surface area contributed by atoms with E-state index in [4.69, 9.17) is 11.6 Å². The fourth-order valence-electron chi connectivity index (χ4n) is 3.07. The Morgan fingerprint density at radius 1 is 1.22 bits per heavy atom. The predicted molar refractivity (Wildman–Crippen MR) is 71.4 cm³/mol. The minimum atomic E-state index is -0.463. The molecular formula is C15H18ClFO.